The summed E-state index contributed by atoms with van der Waals surface area (Å²) in [6.45, 7) is 1.61. The van der Waals surface area contributed by atoms with E-state index in [9.17, 15) is 14.0 Å². The predicted octanol–water partition coefficient (Wildman–Crippen LogP) is 2.02. The Morgan fingerprint density at radius 3 is 2.18 bits per heavy atom. The first-order chi connectivity index (χ1) is 10.7. The highest BCUT2D eigenvalue weighted by Gasteiger charge is 2.26. The number of carbonyl (C=O) groups excluding carboxylic acids is 2. The average Bonchev–Trinajstić information content (AvgIpc) is 3.09. The molecule has 1 aromatic heterocycles. The number of carbonyl (C=O) groups is 2. The zero-order valence-electron chi connectivity index (χ0n) is 11.9. The summed E-state index contributed by atoms with van der Waals surface area (Å²) in [6, 6.07) is 7.54. The summed E-state index contributed by atoms with van der Waals surface area (Å²) in [5.74, 6) is -0.982. The fourth-order valence-electron chi connectivity index (χ4n) is 2.49. The molecule has 0 aliphatic carbocycles. The van der Waals surface area contributed by atoms with Crippen LogP contribution in [-0.4, -0.2) is 47.8 Å². The Kier molecular flexibility index (Phi) is 3.91. The summed E-state index contributed by atoms with van der Waals surface area (Å²) in [6.07, 6.45) is 2.85. The van der Waals surface area contributed by atoms with E-state index < -0.39 is 5.82 Å². The minimum Gasteiger partial charge on any atom is -0.472 e. The number of rotatable bonds is 2. The summed E-state index contributed by atoms with van der Waals surface area (Å²) >= 11 is 0. The summed E-state index contributed by atoms with van der Waals surface area (Å²) < 4.78 is 18.6. The summed E-state index contributed by atoms with van der Waals surface area (Å²) in [5.41, 5.74) is 0.561. The van der Waals surface area contributed by atoms with Crippen molar-refractivity contribution in [3.05, 3.63) is 59.8 Å². The van der Waals surface area contributed by atoms with Crippen LogP contribution < -0.4 is 0 Å². The lowest BCUT2D eigenvalue weighted by molar-refractivity contribution is 0.0532. The largest absolute Gasteiger partial charge is 0.472 e. The maximum atomic E-state index is 13.7. The Hall–Kier alpha value is -2.63. The van der Waals surface area contributed by atoms with Gasteiger partial charge in [0.25, 0.3) is 11.8 Å². The molecule has 1 fully saturated rings. The molecule has 2 aromatic rings. The third kappa shape index (κ3) is 2.72. The van der Waals surface area contributed by atoms with Gasteiger partial charge in [-0.2, -0.15) is 0 Å². The van der Waals surface area contributed by atoms with Gasteiger partial charge in [0.15, 0.2) is 0 Å². The van der Waals surface area contributed by atoms with Crippen molar-refractivity contribution in [3.63, 3.8) is 0 Å². The molecule has 2 heterocycles. The molecule has 0 N–H and O–H groups in total. The molecule has 22 heavy (non-hydrogen) atoms. The fraction of sp³-hybridized carbons (Fsp3) is 0.250. The first kappa shape index (κ1) is 14.3. The molecule has 0 saturated carbocycles. The Morgan fingerprint density at radius 2 is 1.59 bits per heavy atom. The van der Waals surface area contributed by atoms with Crippen molar-refractivity contribution in [2.75, 3.05) is 26.2 Å². The van der Waals surface area contributed by atoms with Crippen molar-refractivity contribution in [3.8, 4) is 0 Å². The molecule has 1 aromatic carbocycles. The fourth-order valence-corrected chi connectivity index (χ4v) is 2.49. The normalized spacial score (nSPS) is 15.0. The number of hydrogen-bond donors (Lipinski definition) is 0. The van der Waals surface area contributed by atoms with Gasteiger partial charge in [-0.05, 0) is 18.2 Å². The number of benzene rings is 1. The topological polar surface area (TPSA) is 53.8 Å². The molecule has 1 aliphatic rings. The molecule has 0 atom stereocenters. The van der Waals surface area contributed by atoms with Crippen LogP contribution in [0.4, 0.5) is 4.39 Å². The number of piperazine rings is 1. The molecule has 0 radical (unpaired) electrons. The standard InChI is InChI=1S/C16H15FN2O3/c17-14-4-2-1-3-13(14)16(21)19-8-6-18(7-9-19)15(20)12-5-10-22-11-12/h1-5,10-11H,6-9H2. The second-order valence-corrected chi connectivity index (χ2v) is 5.08. The first-order valence-corrected chi connectivity index (χ1v) is 7.02. The van der Waals surface area contributed by atoms with Gasteiger partial charge in [-0.15, -0.1) is 0 Å². The van der Waals surface area contributed by atoms with Crippen LogP contribution >= 0.6 is 0 Å². The van der Waals surface area contributed by atoms with E-state index in [0.29, 0.717) is 31.7 Å². The Morgan fingerprint density at radius 1 is 0.955 bits per heavy atom. The van der Waals surface area contributed by atoms with E-state index in [1.54, 1.807) is 28.0 Å². The van der Waals surface area contributed by atoms with Gasteiger partial charge in [-0.25, -0.2) is 4.39 Å². The van der Waals surface area contributed by atoms with Crippen LogP contribution in [0.25, 0.3) is 0 Å². The third-order valence-corrected chi connectivity index (χ3v) is 3.73. The van der Waals surface area contributed by atoms with Crippen molar-refractivity contribution in [2.24, 2.45) is 0 Å². The summed E-state index contributed by atoms with van der Waals surface area (Å²) in [5, 5.41) is 0. The monoisotopic (exact) mass is 302 g/mol. The van der Waals surface area contributed by atoms with Crippen LogP contribution in [0, 0.1) is 5.82 Å². The smallest absolute Gasteiger partial charge is 0.257 e. The van der Waals surface area contributed by atoms with Crippen LogP contribution in [-0.2, 0) is 0 Å². The highest BCUT2D eigenvalue weighted by atomic mass is 19.1. The Balaban J connectivity index is 1.63. The van der Waals surface area contributed by atoms with Gasteiger partial charge in [0.05, 0.1) is 17.4 Å². The number of amides is 2. The molecule has 3 rings (SSSR count). The van der Waals surface area contributed by atoms with Crippen LogP contribution in [0.2, 0.25) is 0 Å². The first-order valence-electron chi connectivity index (χ1n) is 7.02. The lowest BCUT2D eigenvalue weighted by atomic mass is 10.1. The highest BCUT2D eigenvalue weighted by Crippen LogP contribution is 2.14. The van der Waals surface area contributed by atoms with E-state index in [0.717, 1.165) is 0 Å². The summed E-state index contributed by atoms with van der Waals surface area (Å²) in [7, 11) is 0. The van der Waals surface area contributed by atoms with E-state index in [4.69, 9.17) is 4.42 Å². The zero-order chi connectivity index (χ0) is 15.5. The van der Waals surface area contributed by atoms with Gasteiger partial charge in [0, 0.05) is 26.2 Å². The van der Waals surface area contributed by atoms with Gasteiger partial charge < -0.3 is 14.2 Å². The molecular weight excluding hydrogens is 287 g/mol. The predicted molar refractivity (Wildman–Crippen MR) is 76.9 cm³/mol. The van der Waals surface area contributed by atoms with Gasteiger partial charge in [-0.3, -0.25) is 9.59 Å². The lowest BCUT2D eigenvalue weighted by Gasteiger charge is -2.34. The van der Waals surface area contributed by atoms with Crippen molar-refractivity contribution < 1.29 is 18.4 Å². The van der Waals surface area contributed by atoms with Crippen molar-refractivity contribution in [2.45, 2.75) is 0 Å². The van der Waals surface area contributed by atoms with Gasteiger partial charge in [0.2, 0.25) is 0 Å². The van der Waals surface area contributed by atoms with Crippen LogP contribution in [0.15, 0.2) is 47.3 Å². The van der Waals surface area contributed by atoms with Crippen molar-refractivity contribution in [1.29, 1.82) is 0 Å². The Labute approximate surface area is 126 Å². The third-order valence-electron chi connectivity index (χ3n) is 3.73. The van der Waals surface area contributed by atoms with E-state index in [2.05, 4.69) is 0 Å². The molecule has 0 bridgehead atoms. The zero-order valence-corrected chi connectivity index (χ0v) is 11.9. The van der Waals surface area contributed by atoms with Gasteiger partial charge in [0.1, 0.15) is 12.1 Å². The number of furan rings is 1. The molecule has 0 spiro atoms. The van der Waals surface area contributed by atoms with Crippen LogP contribution in [0.5, 0.6) is 0 Å². The van der Waals surface area contributed by atoms with E-state index in [1.807, 2.05) is 0 Å². The number of hydrogen-bond acceptors (Lipinski definition) is 3. The maximum absolute atomic E-state index is 13.7. The number of halogens is 1. The quantitative estimate of drug-likeness (QED) is 0.853. The van der Waals surface area contributed by atoms with Crippen molar-refractivity contribution in [1.82, 2.24) is 9.80 Å². The second-order valence-electron chi connectivity index (χ2n) is 5.08. The van der Waals surface area contributed by atoms with Crippen LogP contribution in [0.3, 0.4) is 0 Å². The van der Waals surface area contributed by atoms with E-state index in [-0.39, 0.29) is 17.4 Å². The molecule has 0 unspecified atom stereocenters. The van der Waals surface area contributed by atoms with E-state index in [1.165, 1.54) is 24.7 Å². The highest BCUT2D eigenvalue weighted by molar-refractivity contribution is 5.96. The van der Waals surface area contributed by atoms with Crippen LogP contribution in [0.1, 0.15) is 20.7 Å². The Bertz CT molecular complexity index is 676. The molecule has 2 amide bonds. The van der Waals surface area contributed by atoms with Gasteiger partial charge in [-0.1, -0.05) is 12.1 Å². The molecule has 1 aliphatic heterocycles. The minimum absolute atomic E-state index is 0.0668. The number of nitrogens with zero attached hydrogens (tertiary/aromatic N) is 2. The maximum Gasteiger partial charge on any atom is 0.257 e. The molecule has 1 saturated heterocycles. The second kappa shape index (κ2) is 6.01. The minimum atomic E-state index is -0.524. The average molecular weight is 302 g/mol. The van der Waals surface area contributed by atoms with Crippen molar-refractivity contribution >= 4 is 11.8 Å². The molecule has 6 heteroatoms. The SMILES string of the molecule is O=C(c1ccoc1)N1CCN(C(=O)c2ccccc2F)CC1. The molecular formula is C16H15FN2O3. The molecule has 114 valence electrons. The lowest BCUT2D eigenvalue weighted by Crippen LogP contribution is -2.50. The molecule has 5 nitrogen and oxygen atoms in total. The van der Waals surface area contributed by atoms with E-state index >= 15 is 0 Å². The summed E-state index contributed by atoms with van der Waals surface area (Å²) in [4.78, 5) is 27.7. The van der Waals surface area contributed by atoms with Gasteiger partial charge >= 0.3 is 0 Å².